The Morgan fingerprint density at radius 2 is 1.88 bits per heavy atom. The molecule has 4 rings (SSSR count). The number of carbonyl (C=O) groups is 2. The number of anilines is 1. The molecule has 1 aromatic carbocycles. The Bertz CT molecular complexity index is 997. The number of nitrogens with zero attached hydrogens (tertiary/aromatic N) is 4. The third kappa shape index (κ3) is 7.09. The summed E-state index contributed by atoms with van der Waals surface area (Å²) in [6.45, 7) is 5.23. The van der Waals surface area contributed by atoms with Gasteiger partial charge >= 0.3 is 11.9 Å². The first-order valence-corrected chi connectivity index (χ1v) is 10.4. The van der Waals surface area contributed by atoms with Gasteiger partial charge in [-0.1, -0.05) is 12.1 Å². The van der Waals surface area contributed by atoms with Gasteiger partial charge in [0.05, 0.1) is 11.7 Å². The van der Waals surface area contributed by atoms with Crippen LogP contribution in [-0.2, 0) is 9.59 Å². The molecule has 2 aliphatic heterocycles. The molecule has 1 saturated heterocycles. The summed E-state index contributed by atoms with van der Waals surface area (Å²) in [6.07, 6.45) is 4.70. The molecular formula is C22H26N6O5. The van der Waals surface area contributed by atoms with E-state index in [1.165, 1.54) is 0 Å². The van der Waals surface area contributed by atoms with Crippen LogP contribution in [0.5, 0.6) is 5.75 Å². The van der Waals surface area contributed by atoms with E-state index in [0.717, 1.165) is 42.7 Å². The number of para-hydroxylation sites is 2. The van der Waals surface area contributed by atoms with Crippen molar-refractivity contribution < 1.29 is 24.5 Å². The van der Waals surface area contributed by atoms with Crippen molar-refractivity contribution in [2.24, 2.45) is 4.99 Å². The van der Waals surface area contributed by atoms with Crippen molar-refractivity contribution in [1.29, 1.82) is 0 Å². The summed E-state index contributed by atoms with van der Waals surface area (Å²) >= 11 is 0. The Morgan fingerprint density at radius 1 is 1.18 bits per heavy atom. The fourth-order valence-electron chi connectivity index (χ4n) is 3.43. The van der Waals surface area contributed by atoms with E-state index in [9.17, 15) is 9.59 Å². The van der Waals surface area contributed by atoms with Crippen LogP contribution in [0, 0.1) is 0 Å². The molecule has 2 unspecified atom stereocenters. The van der Waals surface area contributed by atoms with Gasteiger partial charge < -0.3 is 25.6 Å². The smallest absolute Gasteiger partial charge is 0.328 e. The maximum absolute atomic E-state index is 9.55. The molecule has 2 aromatic rings. The zero-order chi connectivity index (χ0) is 23.6. The minimum Gasteiger partial charge on any atom is -0.484 e. The number of aliphatic imine (C=N–C) groups is 1. The second-order valence-corrected chi connectivity index (χ2v) is 7.19. The number of nitrogens with one attached hydrogen (secondary N) is 2. The molecule has 3 heterocycles. The molecular weight excluding hydrogens is 428 g/mol. The molecule has 33 heavy (non-hydrogen) atoms. The van der Waals surface area contributed by atoms with Crippen molar-refractivity contribution in [3.8, 4) is 5.75 Å². The molecule has 1 fully saturated rings. The number of carboxylic acids is 2. The van der Waals surface area contributed by atoms with Crippen LogP contribution >= 0.6 is 0 Å². The van der Waals surface area contributed by atoms with E-state index in [1.54, 1.807) is 12.4 Å². The molecule has 0 radical (unpaired) electrons. The lowest BCUT2D eigenvalue weighted by Crippen LogP contribution is -2.50. The second kappa shape index (κ2) is 11.7. The minimum atomic E-state index is -1.26. The van der Waals surface area contributed by atoms with Crippen molar-refractivity contribution in [3.63, 3.8) is 0 Å². The van der Waals surface area contributed by atoms with Gasteiger partial charge in [-0.3, -0.25) is 9.89 Å². The summed E-state index contributed by atoms with van der Waals surface area (Å²) in [4.78, 5) is 35.2. The normalized spacial score (nSPS) is 20.0. The topological polar surface area (TPSA) is 149 Å². The quantitative estimate of drug-likeness (QED) is 0.488. The van der Waals surface area contributed by atoms with E-state index in [2.05, 4.69) is 32.4 Å². The molecule has 2 aliphatic rings. The maximum Gasteiger partial charge on any atom is 0.328 e. The fraction of sp³-hybridized carbons (Fsp3) is 0.318. The Morgan fingerprint density at radius 3 is 2.58 bits per heavy atom. The number of fused-ring (bicyclic) bond motifs is 1. The van der Waals surface area contributed by atoms with Gasteiger partial charge in [-0.25, -0.2) is 19.6 Å². The molecule has 0 amide bonds. The molecule has 0 spiro atoms. The summed E-state index contributed by atoms with van der Waals surface area (Å²) < 4.78 is 5.79. The van der Waals surface area contributed by atoms with Gasteiger partial charge in [0.15, 0.2) is 0 Å². The Balaban J connectivity index is 0.000000331. The molecule has 1 aromatic heterocycles. The highest BCUT2D eigenvalue weighted by molar-refractivity contribution is 5.99. The van der Waals surface area contributed by atoms with E-state index < -0.39 is 11.9 Å². The summed E-state index contributed by atoms with van der Waals surface area (Å²) in [5, 5.41) is 22.4. The molecule has 4 N–H and O–H groups in total. The van der Waals surface area contributed by atoms with Crippen LogP contribution in [0.15, 0.2) is 59.9 Å². The fourth-order valence-corrected chi connectivity index (χ4v) is 3.43. The van der Waals surface area contributed by atoms with Gasteiger partial charge in [0.2, 0.25) is 0 Å². The number of ether oxygens (including phenoxy) is 1. The van der Waals surface area contributed by atoms with Crippen LogP contribution in [-0.4, -0.2) is 75.3 Å². The highest BCUT2D eigenvalue weighted by atomic mass is 16.5. The van der Waals surface area contributed by atoms with Crippen LogP contribution in [0.1, 0.15) is 18.8 Å². The zero-order valence-corrected chi connectivity index (χ0v) is 18.1. The lowest BCUT2D eigenvalue weighted by Gasteiger charge is -2.38. The van der Waals surface area contributed by atoms with Crippen LogP contribution < -0.4 is 15.4 Å². The highest BCUT2D eigenvalue weighted by Gasteiger charge is 2.30. The third-order valence-electron chi connectivity index (χ3n) is 4.89. The first-order valence-electron chi connectivity index (χ1n) is 10.4. The largest absolute Gasteiger partial charge is 0.484 e. The number of aliphatic carboxylic acids is 2. The lowest BCUT2D eigenvalue weighted by atomic mass is 10.1. The third-order valence-corrected chi connectivity index (χ3v) is 4.89. The number of hydrogen-bond acceptors (Lipinski definition) is 8. The van der Waals surface area contributed by atoms with E-state index in [-0.39, 0.29) is 12.2 Å². The molecule has 0 bridgehead atoms. The van der Waals surface area contributed by atoms with E-state index >= 15 is 0 Å². The van der Waals surface area contributed by atoms with Gasteiger partial charge in [0, 0.05) is 44.2 Å². The van der Waals surface area contributed by atoms with Gasteiger partial charge in [-0.05, 0) is 25.1 Å². The Labute approximate surface area is 190 Å². The van der Waals surface area contributed by atoms with Gasteiger partial charge in [0.1, 0.15) is 30.2 Å². The summed E-state index contributed by atoms with van der Waals surface area (Å²) in [6, 6.07) is 9.87. The number of hydrogen-bond donors (Lipinski definition) is 4. The standard InChI is InChI=1S/C18H22N6O.C4H4O4/c1-13(22-17-12-25-16-6-3-2-5-14(16)23-17)24-10-9-19-11-15(24)18-20-7-4-8-21-18;5-3(6)1-2-4(7)8/h2-8,13,15,19H,9-12H2,1H3,(H,22,23);1-2H,(H,5,6)(H,7,8). The number of carboxylic acid groups (broad SMARTS) is 2. The van der Waals surface area contributed by atoms with Crippen molar-refractivity contribution in [1.82, 2.24) is 20.2 Å². The van der Waals surface area contributed by atoms with Crippen LogP contribution in [0.2, 0.25) is 0 Å². The van der Waals surface area contributed by atoms with E-state index in [0.29, 0.717) is 18.8 Å². The first-order chi connectivity index (χ1) is 15.9. The average Bonchev–Trinajstić information content (AvgIpc) is 2.83. The van der Waals surface area contributed by atoms with Crippen LogP contribution in [0.25, 0.3) is 0 Å². The van der Waals surface area contributed by atoms with Gasteiger partial charge in [0.25, 0.3) is 0 Å². The summed E-state index contributed by atoms with van der Waals surface area (Å²) in [5.41, 5.74) is 0.961. The van der Waals surface area contributed by atoms with E-state index in [4.69, 9.17) is 19.9 Å². The van der Waals surface area contributed by atoms with Crippen molar-refractivity contribution in [2.75, 3.05) is 31.6 Å². The van der Waals surface area contributed by atoms with Gasteiger partial charge in [-0.15, -0.1) is 0 Å². The number of aromatic nitrogens is 2. The Kier molecular flexibility index (Phi) is 8.44. The molecule has 174 valence electrons. The molecule has 11 heteroatoms. The molecule has 0 aliphatic carbocycles. The lowest BCUT2D eigenvalue weighted by molar-refractivity contribution is -0.134. The minimum absolute atomic E-state index is 0.00673. The number of rotatable bonds is 5. The zero-order valence-electron chi connectivity index (χ0n) is 18.1. The summed E-state index contributed by atoms with van der Waals surface area (Å²) in [7, 11) is 0. The van der Waals surface area contributed by atoms with Crippen molar-refractivity contribution in [3.05, 3.63) is 60.7 Å². The number of amidine groups is 1. The SMILES string of the molecule is CC(N=C1COc2ccccc2N1)N1CCNCC1c1ncccn1.O=C(O)C=CC(=O)O. The molecule has 2 atom stereocenters. The number of benzene rings is 1. The molecule has 0 saturated carbocycles. The van der Waals surface area contributed by atoms with Gasteiger partial charge in [-0.2, -0.15) is 0 Å². The van der Waals surface area contributed by atoms with Crippen LogP contribution in [0.3, 0.4) is 0 Å². The monoisotopic (exact) mass is 454 g/mol. The summed E-state index contributed by atoms with van der Waals surface area (Å²) in [5.74, 6) is 0.0315. The Hall–Kier alpha value is -3.83. The van der Waals surface area contributed by atoms with Crippen LogP contribution in [0.4, 0.5) is 5.69 Å². The molecule has 11 nitrogen and oxygen atoms in total. The first kappa shape index (κ1) is 23.8. The van der Waals surface area contributed by atoms with E-state index in [1.807, 2.05) is 30.3 Å². The van der Waals surface area contributed by atoms with Crippen molar-refractivity contribution >= 4 is 23.5 Å². The number of piperazine rings is 1. The second-order valence-electron chi connectivity index (χ2n) is 7.19. The highest BCUT2D eigenvalue weighted by Crippen LogP contribution is 2.27. The van der Waals surface area contributed by atoms with Crippen molar-refractivity contribution in [2.45, 2.75) is 19.1 Å². The predicted octanol–water partition coefficient (Wildman–Crippen LogP) is 1.38. The maximum atomic E-state index is 9.55. The predicted molar refractivity (Wildman–Crippen MR) is 121 cm³/mol. The average molecular weight is 454 g/mol.